The van der Waals surface area contributed by atoms with Gasteiger partial charge in [-0.25, -0.2) is 0 Å². The van der Waals surface area contributed by atoms with E-state index in [1.807, 2.05) is 12.1 Å². The van der Waals surface area contributed by atoms with Crippen LogP contribution in [0.3, 0.4) is 0 Å². The third kappa shape index (κ3) is 3.65. The Bertz CT molecular complexity index is 391. The predicted octanol–water partition coefficient (Wildman–Crippen LogP) is 1.89. The molecule has 1 rings (SSSR count). The van der Waals surface area contributed by atoms with Gasteiger partial charge < -0.3 is 16.0 Å². The lowest BCUT2D eigenvalue weighted by atomic mass is 10.1. The molecular weight excluding hydrogens is 212 g/mol. The van der Waals surface area contributed by atoms with Crippen molar-refractivity contribution in [2.24, 2.45) is 0 Å². The zero-order chi connectivity index (χ0) is 12.7. The number of nitriles is 1. The maximum Gasteiger partial charge on any atom is 0.101 e. The molecule has 4 nitrogen and oxygen atoms in total. The second-order valence-electron chi connectivity index (χ2n) is 3.83. The van der Waals surface area contributed by atoms with Gasteiger partial charge in [-0.05, 0) is 25.2 Å². The number of para-hydroxylation sites is 1. The van der Waals surface area contributed by atoms with E-state index in [9.17, 15) is 0 Å². The standard InChI is InChI=1S/C13H20N4/c1-3-17(4-2)9-8-16-12-7-5-6-11(10-14)13(12)15/h5-7,16H,3-4,8-9,15H2,1-2H3. The lowest BCUT2D eigenvalue weighted by molar-refractivity contribution is 0.316. The Morgan fingerprint density at radius 2 is 2.06 bits per heavy atom. The second-order valence-corrected chi connectivity index (χ2v) is 3.83. The van der Waals surface area contributed by atoms with Crippen LogP contribution in [0.5, 0.6) is 0 Å². The van der Waals surface area contributed by atoms with Crippen molar-refractivity contribution < 1.29 is 0 Å². The fourth-order valence-electron chi connectivity index (χ4n) is 1.71. The molecule has 0 heterocycles. The van der Waals surface area contributed by atoms with E-state index in [1.165, 1.54) is 0 Å². The van der Waals surface area contributed by atoms with Crippen molar-refractivity contribution in [2.75, 3.05) is 37.2 Å². The van der Waals surface area contributed by atoms with Crippen molar-refractivity contribution in [1.82, 2.24) is 4.90 Å². The van der Waals surface area contributed by atoms with Crippen molar-refractivity contribution in [1.29, 1.82) is 5.26 Å². The highest BCUT2D eigenvalue weighted by Gasteiger charge is 2.04. The molecule has 0 radical (unpaired) electrons. The summed E-state index contributed by atoms with van der Waals surface area (Å²) in [5.41, 5.74) is 7.78. The summed E-state index contributed by atoms with van der Waals surface area (Å²) in [6.45, 7) is 8.20. The summed E-state index contributed by atoms with van der Waals surface area (Å²) in [4.78, 5) is 2.33. The zero-order valence-electron chi connectivity index (χ0n) is 10.5. The lowest BCUT2D eigenvalue weighted by Gasteiger charge is -2.19. The normalized spacial score (nSPS) is 10.2. The summed E-state index contributed by atoms with van der Waals surface area (Å²) < 4.78 is 0. The van der Waals surface area contributed by atoms with Crippen molar-refractivity contribution in [3.05, 3.63) is 23.8 Å². The fraction of sp³-hybridized carbons (Fsp3) is 0.462. The van der Waals surface area contributed by atoms with Crippen LogP contribution in [0.1, 0.15) is 19.4 Å². The molecule has 4 heteroatoms. The van der Waals surface area contributed by atoms with Gasteiger partial charge in [-0.1, -0.05) is 19.9 Å². The molecule has 17 heavy (non-hydrogen) atoms. The first-order chi connectivity index (χ1) is 8.22. The van der Waals surface area contributed by atoms with Gasteiger partial charge in [-0.2, -0.15) is 5.26 Å². The van der Waals surface area contributed by atoms with E-state index >= 15 is 0 Å². The summed E-state index contributed by atoms with van der Waals surface area (Å²) in [6, 6.07) is 7.55. The minimum atomic E-state index is 0.526. The molecule has 0 saturated carbocycles. The molecular formula is C13H20N4. The van der Waals surface area contributed by atoms with Gasteiger partial charge in [0.05, 0.1) is 16.9 Å². The Labute approximate surface area is 103 Å². The maximum absolute atomic E-state index is 8.87. The van der Waals surface area contributed by atoms with Crippen LogP contribution in [-0.2, 0) is 0 Å². The molecule has 0 aliphatic heterocycles. The molecule has 0 spiro atoms. The minimum absolute atomic E-state index is 0.526. The number of anilines is 2. The number of nitrogens with one attached hydrogen (secondary N) is 1. The first kappa shape index (κ1) is 13.3. The minimum Gasteiger partial charge on any atom is -0.396 e. The third-order valence-corrected chi connectivity index (χ3v) is 2.86. The van der Waals surface area contributed by atoms with Crippen LogP contribution in [0, 0.1) is 11.3 Å². The molecule has 0 unspecified atom stereocenters. The van der Waals surface area contributed by atoms with Crippen molar-refractivity contribution in [3.63, 3.8) is 0 Å². The number of hydrogen-bond donors (Lipinski definition) is 2. The average molecular weight is 232 g/mol. The summed E-state index contributed by atoms with van der Waals surface area (Å²) in [7, 11) is 0. The van der Waals surface area contributed by atoms with E-state index in [-0.39, 0.29) is 0 Å². The molecule has 0 fully saturated rings. The first-order valence-electron chi connectivity index (χ1n) is 5.97. The van der Waals surface area contributed by atoms with Crippen molar-refractivity contribution >= 4 is 11.4 Å². The van der Waals surface area contributed by atoms with Gasteiger partial charge in [0.25, 0.3) is 0 Å². The van der Waals surface area contributed by atoms with Gasteiger partial charge in [-0.15, -0.1) is 0 Å². The van der Waals surface area contributed by atoms with Crippen LogP contribution < -0.4 is 11.1 Å². The van der Waals surface area contributed by atoms with E-state index in [0.29, 0.717) is 11.3 Å². The van der Waals surface area contributed by atoms with Crippen LogP contribution in [0.15, 0.2) is 18.2 Å². The summed E-state index contributed by atoms with van der Waals surface area (Å²) in [5.74, 6) is 0. The van der Waals surface area contributed by atoms with Crippen LogP contribution in [0.2, 0.25) is 0 Å². The topological polar surface area (TPSA) is 65.1 Å². The van der Waals surface area contributed by atoms with E-state index < -0.39 is 0 Å². The molecule has 0 atom stereocenters. The van der Waals surface area contributed by atoms with Crippen LogP contribution >= 0.6 is 0 Å². The Hall–Kier alpha value is -1.73. The molecule has 1 aromatic carbocycles. The Kier molecular flexibility index (Phi) is 5.31. The van der Waals surface area contributed by atoms with Gasteiger partial charge >= 0.3 is 0 Å². The number of nitrogen functional groups attached to an aromatic ring is 1. The quantitative estimate of drug-likeness (QED) is 0.735. The Morgan fingerprint density at radius 3 is 2.65 bits per heavy atom. The monoisotopic (exact) mass is 232 g/mol. The molecule has 92 valence electrons. The molecule has 0 aromatic heterocycles. The highest BCUT2D eigenvalue weighted by Crippen LogP contribution is 2.21. The van der Waals surface area contributed by atoms with Gasteiger partial charge in [0, 0.05) is 13.1 Å². The highest BCUT2D eigenvalue weighted by atomic mass is 15.1. The number of nitrogens with zero attached hydrogens (tertiary/aromatic N) is 2. The van der Waals surface area contributed by atoms with Crippen LogP contribution in [0.4, 0.5) is 11.4 Å². The predicted molar refractivity (Wildman–Crippen MR) is 71.8 cm³/mol. The molecule has 0 saturated heterocycles. The number of hydrogen-bond acceptors (Lipinski definition) is 4. The van der Waals surface area contributed by atoms with E-state index in [2.05, 4.69) is 30.1 Å². The lowest BCUT2D eigenvalue weighted by Crippen LogP contribution is -2.28. The maximum atomic E-state index is 8.87. The van der Waals surface area contributed by atoms with Gasteiger partial charge in [0.15, 0.2) is 0 Å². The molecule has 3 N–H and O–H groups in total. The van der Waals surface area contributed by atoms with Crippen molar-refractivity contribution in [3.8, 4) is 6.07 Å². The smallest absolute Gasteiger partial charge is 0.101 e. The summed E-state index contributed by atoms with van der Waals surface area (Å²) >= 11 is 0. The van der Waals surface area contributed by atoms with Gasteiger partial charge in [0.1, 0.15) is 6.07 Å². The molecule has 0 amide bonds. The fourth-order valence-corrected chi connectivity index (χ4v) is 1.71. The highest BCUT2D eigenvalue weighted by molar-refractivity contribution is 5.72. The third-order valence-electron chi connectivity index (χ3n) is 2.86. The van der Waals surface area contributed by atoms with Crippen LogP contribution in [0.25, 0.3) is 0 Å². The van der Waals surface area contributed by atoms with E-state index in [0.717, 1.165) is 31.9 Å². The van der Waals surface area contributed by atoms with Gasteiger partial charge in [-0.3, -0.25) is 0 Å². The SMILES string of the molecule is CCN(CC)CCNc1cccc(C#N)c1N. The Morgan fingerprint density at radius 1 is 1.35 bits per heavy atom. The average Bonchev–Trinajstić information content (AvgIpc) is 2.36. The van der Waals surface area contributed by atoms with E-state index in [1.54, 1.807) is 6.07 Å². The Balaban J connectivity index is 2.55. The number of rotatable bonds is 6. The number of likely N-dealkylation sites (N-methyl/N-ethyl adjacent to an activating group) is 1. The molecule has 1 aromatic rings. The largest absolute Gasteiger partial charge is 0.396 e. The van der Waals surface area contributed by atoms with Crippen molar-refractivity contribution in [2.45, 2.75) is 13.8 Å². The molecule has 0 aliphatic carbocycles. The van der Waals surface area contributed by atoms with Gasteiger partial charge in [0.2, 0.25) is 0 Å². The number of benzene rings is 1. The molecule has 0 aliphatic rings. The summed E-state index contributed by atoms with van der Waals surface area (Å²) in [5, 5.41) is 12.1. The summed E-state index contributed by atoms with van der Waals surface area (Å²) in [6.07, 6.45) is 0. The zero-order valence-corrected chi connectivity index (χ0v) is 10.5. The molecule has 0 bridgehead atoms. The number of nitrogens with two attached hydrogens (primary N) is 1. The van der Waals surface area contributed by atoms with E-state index in [4.69, 9.17) is 11.0 Å². The first-order valence-corrected chi connectivity index (χ1v) is 5.97. The van der Waals surface area contributed by atoms with Crippen LogP contribution in [-0.4, -0.2) is 31.1 Å². The second kappa shape index (κ2) is 6.77.